The average molecular weight is 175 g/mol. The Balaban J connectivity index is 2.51. The van der Waals surface area contributed by atoms with E-state index in [1.54, 1.807) is 6.07 Å². The highest BCUT2D eigenvalue weighted by atomic mass is 35.5. The largest absolute Gasteiger partial charge is 0.481 e. The number of aryl methyl sites for hydroxylation is 1. The van der Waals surface area contributed by atoms with Gasteiger partial charge in [-0.1, -0.05) is 11.6 Å². The number of carboxylic acid groups (broad SMARTS) is 1. The van der Waals surface area contributed by atoms with Crippen molar-refractivity contribution >= 4 is 17.6 Å². The summed E-state index contributed by atoms with van der Waals surface area (Å²) in [6.45, 7) is 0.321. The Hall–Kier alpha value is -1.03. The lowest BCUT2D eigenvalue weighted by Gasteiger charge is -1.98. The zero-order valence-corrected chi connectivity index (χ0v) is 6.45. The zero-order chi connectivity index (χ0) is 8.27. The first-order valence-electron chi connectivity index (χ1n) is 3.09. The number of rotatable bonds is 3. The number of aliphatic carboxylic acids is 1. The molecule has 4 nitrogen and oxygen atoms in total. The van der Waals surface area contributed by atoms with E-state index < -0.39 is 5.97 Å². The molecule has 5 heteroatoms. The van der Waals surface area contributed by atoms with Gasteiger partial charge < -0.3 is 5.11 Å². The van der Waals surface area contributed by atoms with Crippen molar-refractivity contribution in [3.63, 3.8) is 0 Å². The quantitative estimate of drug-likeness (QED) is 0.744. The SMILES string of the molecule is O=C(O)CCn1nccc1Cl. The topological polar surface area (TPSA) is 55.1 Å². The number of nitrogens with zero attached hydrogens (tertiary/aromatic N) is 2. The third kappa shape index (κ3) is 2.23. The number of aromatic nitrogens is 2. The Kier molecular flexibility index (Phi) is 2.48. The van der Waals surface area contributed by atoms with E-state index in [9.17, 15) is 4.79 Å². The van der Waals surface area contributed by atoms with Crippen LogP contribution in [0, 0.1) is 0 Å². The van der Waals surface area contributed by atoms with E-state index in [-0.39, 0.29) is 6.42 Å². The number of hydrogen-bond donors (Lipinski definition) is 1. The molecule has 0 aliphatic carbocycles. The van der Waals surface area contributed by atoms with Gasteiger partial charge in [0.05, 0.1) is 19.2 Å². The lowest BCUT2D eigenvalue weighted by atomic mass is 10.4. The van der Waals surface area contributed by atoms with Crippen LogP contribution in [0.4, 0.5) is 0 Å². The van der Waals surface area contributed by atoms with E-state index in [2.05, 4.69) is 5.10 Å². The zero-order valence-electron chi connectivity index (χ0n) is 5.70. The molecule has 0 saturated carbocycles. The summed E-state index contributed by atoms with van der Waals surface area (Å²) in [5.74, 6) is -0.850. The smallest absolute Gasteiger partial charge is 0.305 e. The van der Waals surface area contributed by atoms with Gasteiger partial charge in [0.1, 0.15) is 5.15 Å². The summed E-state index contributed by atoms with van der Waals surface area (Å²) < 4.78 is 1.44. The second kappa shape index (κ2) is 3.39. The predicted octanol–water partition coefficient (Wildman–Crippen LogP) is 1.01. The van der Waals surface area contributed by atoms with Crippen molar-refractivity contribution in [2.45, 2.75) is 13.0 Å². The molecule has 0 aliphatic heterocycles. The van der Waals surface area contributed by atoms with Crippen molar-refractivity contribution in [2.75, 3.05) is 0 Å². The van der Waals surface area contributed by atoms with E-state index in [0.717, 1.165) is 0 Å². The van der Waals surface area contributed by atoms with Crippen molar-refractivity contribution in [1.29, 1.82) is 0 Å². The maximum atomic E-state index is 10.1. The van der Waals surface area contributed by atoms with E-state index in [4.69, 9.17) is 16.7 Å². The highest BCUT2D eigenvalue weighted by molar-refractivity contribution is 6.29. The molecule has 0 saturated heterocycles. The minimum Gasteiger partial charge on any atom is -0.481 e. The normalized spacial score (nSPS) is 9.91. The van der Waals surface area contributed by atoms with E-state index >= 15 is 0 Å². The van der Waals surface area contributed by atoms with Crippen molar-refractivity contribution in [3.8, 4) is 0 Å². The molecular weight excluding hydrogens is 168 g/mol. The molecule has 1 heterocycles. The second-order valence-electron chi connectivity index (χ2n) is 2.02. The van der Waals surface area contributed by atoms with Crippen molar-refractivity contribution in [3.05, 3.63) is 17.4 Å². The molecule has 1 aromatic heterocycles. The molecule has 0 bridgehead atoms. The third-order valence-electron chi connectivity index (χ3n) is 1.20. The standard InChI is InChI=1S/C6H7ClN2O2/c7-5-1-3-8-9(5)4-2-6(10)11/h1,3H,2,4H2,(H,10,11). The first-order chi connectivity index (χ1) is 5.20. The maximum absolute atomic E-state index is 10.1. The van der Waals surface area contributed by atoms with Crippen LogP contribution in [0.2, 0.25) is 5.15 Å². The molecule has 1 N–H and O–H groups in total. The summed E-state index contributed by atoms with van der Waals surface area (Å²) in [4.78, 5) is 10.1. The Morgan fingerprint density at radius 3 is 3.00 bits per heavy atom. The number of carbonyl (C=O) groups is 1. The monoisotopic (exact) mass is 174 g/mol. The summed E-state index contributed by atoms with van der Waals surface area (Å²) in [5, 5.41) is 12.6. The van der Waals surface area contributed by atoms with Crippen molar-refractivity contribution in [1.82, 2.24) is 9.78 Å². The minimum atomic E-state index is -0.850. The fraction of sp³-hybridized carbons (Fsp3) is 0.333. The van der Waals surface area contributed by atoms with Gasteiger partial charge in [-0.05, 0) is 6.07 Å². The summed E-state index contributed by atoms with van der Waals surface area (Å²) in [7, 11) is 0. The molecule has 0 aromatic carbocycles. The highest BCUT2D eigenvalue weighted by Gasteiger charge is 2.01. The van der Waals surface area contributed by atoms with Gasteiger partial charge in [-0.15, -0.1) is 0 Å². The van der Waals surface area contributed by atoms with Crippen LogP contribution < -0.4 is 0 Å². The van der Waals surface area contributed by atoms with Gasteiger partial charge in [-0.3, -0.25) is 9.48 Å². The van der Waals surface area contributed by atoms with E-state index in [1.807, 2.05) is 0 Å². The predicted molar refractivity (Wildman–Crippen MR) is 39.5 cm³/mol. The van der Waals surface area contributed by atoms with Crippen molar-refractivity contribution < 1.29 is 9.90 Å². The molecule has 0 fully saturated rings. The summed E-state index contributed by atoms with van der Waals surface area (Å²) in [6, 6.07) is 1.61. The molecule has 1 aromatic rings. The molecule has 0 aliphatic rings. The first-order valence-corrected chi connectivity index (χ1v) is 3.47. The van der Waals surface area contributed by atoms with Crippen LogP contribution in [0.1, 0.15) is 6.42 Å². The van der Waals surface area contributed by atoms with E-state index in [0.29, 0.717) is 11.7 Å². The van der Waals surface area contributed by atoms with Crippen LogP contribution in [0.15, 0.2) is 12.3 Å². The molecule has 0 atom stereocenters. The fourth-order valence-electron chi connectivity index (χ4n) is 0.683. The summed E-state index contributed by atoms with van der Waals surface area (Å²) in [6.07, 6.45) is 1.57. The van der Waals surface area contributed by atoms with Crippen LogP contribution in [0.3, 0.4) is 0 Å². The third-order valence-corrected chi connectivity index (χ3v) is 1.52. The van der Waals surface area contributed by atoms with Crippen LogP contribution in [-0.2, 0) is 11.3 Å². The van der Waals surface area contributed by atoms with Crippen LogP contribution in [0.25, 0.3) is 0 Å². The minimum absolute atomic E-state index is 0.0431. The molecule has 0 unspecified atom stereocenters. The molecule has 60 valence electrons. The van der Waals surface area contributed by atoms with Crippen LogP contribution in [0.5, 0.6) is 0 Å². The van der Waals surface area contributed by atoms with Gasteiger partial charge in [0.25, 0.3) is 0 Å². The lowest BCUT2D eigenvalue weighted by molar-refractivity contribution is -0.137. The summed E-state index contributed by atoms with van der Waals surface area (Å²) in [5.41, 5.74) is 0. The molecule has 11 heavy (non-hydrogen) atoms. The molecule has 1 rings (SSSR count). The Morgan fingerprint density at radius 1 is 1.82 bits per heavy atom. The lowest BCUT2D eigenvalue weighted by Crippen LogP contribution is -2.05. The van der Waals surface area contributed by atoms with Crippen LogP contribution >= 0.6 is 11.6 Å². The Bertz CT molecular complexity index is 259. The van der Waals surface area contributed by atoms with Gasteiger partial charge in [-0.2, -0.15) is 5.10 Å². The number of carboxylic acids is 1. The Morgan fingerprint density at radius 2 is 2.55 bits per heavy atom. The van der Waals surface area contributed by atoms with Crippen LogP contribution in [-0.4, -0.2) is 20.9 Å². The highest BCUT2D eigenvalue weighted by Crippen LogP contribution is 2.06. The number of hydrogen-bond acceptors (Lipinski definition) is 2. The fourth-order valence-corrected chi connectivity index (χ4v) is 0.867. The van der Waals surface area contributed by atoms with Gasteiger partial charge in [0, 0.05) is 0 Å². The maximum Gasteiger partial charge on any atom is 0.305 e. The second-order valence-corrected chi connectivity index (χ2v) is 2.41. The van der Waals surface area contributed by atoms with Gasteiger partial charge in [0.15, 0.2) is 0 Å². The van der Waals surface area contributed by atoms with Gasteiger partial charge >= 0.3 is 5.97 Å². The molecular formula is C6H7ClN2O2. The van der Waals surface area contributed by atoms with Crippen molar-refractivity contribution in [2.24, 2.45) is 0 Å². The average Bonchev–Trinajstić information content (AvgIpc) is 2.31. The van der Waals surface area contributed by atoms with E-state index in [1.165, 1.54) is 10.9 Å². The number of halogens is 1. The Labute approximate surface area is 68.4 Å². The van der Waals surface area contributed by atoms with Gasteiger partial charge in [0.2, 0.25) is 0 Å². The first kappa shape index (κ1) is 8.07. The summed E-state index contributed by atoms with van der Waals surface area (Å²) >= 11 is 5.63. The molecule has 0 radical (unpaired) electrons. The van der Waals surface area contributed by atoms with Gasteiger partial charge in [-0.25, -0.2) is 0 Å². The molecule has 0 spiro atoms. The molecule has 0 amide bonds.